The van der Waals surface area contributed by atoms with Gasteiger partial charge in [-0.1, -0.05) is 82.9 Å². The molecular formula is C24H40O7S. The Bertz CT molecular complexity index is 728. The lowest BCUT2D eigenvalue weighted by atomic mass is 10.0. The molecule has 0 saturated carbocycles. The van der Waals surface area contributed by atoms with E-state index >= 15 is 0 Å². The van der Waals surface area contributed by atoms with Crippen LogP contribution < -0.4 is 0 Å². The van der Waals surface area contributed by atoms with Crippen molar-refractivity contribution in [3.05, 3.63) is 29.8 Å². The van der Waals surface area contributed by atoms with Crippen LogP contribution in [0.3, 0.4) is 0 Å². The number of aliphatic carboxylic acids is 2. The number of rotatable bonds is 17. The summed E-state index contributed by atoms with van der Waals surface area (Å²) in [5.41, 5.74) is 0.726. The normalized spacial score (nSPS) is 10.9. The van der Waals surface area contributed by atoms with Gasteiger partial charge in [0.05, 0.1) is 4.90 Å². The summed E-state index contributed by atoms with van der Waals surface area (Å²) in [6, 6.07) is 6.73. The van der Waals surface area contributed by atoms with E-state index in [2.05, 4.69) is 6.92 Å². The van der Waals surface area contributed by atoms with Gasteiger partial charge in [0.2, 0.25) is 0 Å². The molecule has 0 aliphatic rings. The standard InChI is InChI=1S/C18H30O3S.C6H10O4/c1-2-3-4-5-6-7-8-9-10-11-14-17-15-12-13-16-18(17)22(19,20)21;7-5(8)3-1-2-4-6(9)10/h12-13,15-16H,2-11,14H2,1H3,(H,19,20,21);1-4H2,(H,7,8)(H,9,10). The van der Waals surface area contributed by atoms with Crippen molar-refractivity contribution in [2.24, 2.45) is 0 Å². The van der Waals surface area contributed by atoms with Gasteiger partial charge in [0.1, 0.15) is 0 Å². The fourth-order valence-electron chi connectivity index (χ4n) is 3.32. The average molecular weight is 473 g/mol. The first-order chi connectivity index (χ1) is 15.2. The molecule has 1 aromatic rings. The van der Waals surface area contributed by atoms with Gasteiger partial charge in [0.25, 0.3) is 10.1 Å². The van der Waals surface area contributed by atoms with Crippen LogP contribution in [-0.4, -0.2) is 35.1 Å². The predicted molar refractivity (Wildman–Crippen MR) is 126 cm³/mol. The third-order valence-electron chi connectivity index (χ3n) is 5.08. The van der Waals surface area contributed by atoms with Crippen molar-refractivity contribution in [3.8, 4) is 0 Å². The predicted octanol–water partition coefficient (Wildman–Crippen LogP) is 6.11. The number of unbranched alkanes of at least 4 members (excludes halogenated alkanes) is 10. The van der Waals surface area contributed by atoms with Gasteiger partial charge in [0.15, 0.2) is 0 Å². The van der Waals surface area contributed by atoms with Gasteiger partial charge in [-0.3, -0.25) is 14.1 Å². The van der Waals surface area contributed by atoms with Crippen LogP contribution in [-0.2, 0) is 26.1 Å². The summed E-state index contributed by atoms with van der Waals surface area (Å²) >= 11 is 0. The van der Waals surface area contributed by atoms with Crippen LogP contribution in [0.25, 0.3) is 0 Å². The van der Waals surface area contributed by atoms with Crippen molar-refractivity contribution in [1.29, 1.82) is 0 Å². The Morgan fingerprint density at radius 1 is 0.719 bits per heavy atom. The lowest BCUT2D eigenvalue weighted by Crippen LogP contribution is -2.03. The van der Waals surface area contributed by atoms with Gasteiger partial charge in [-0.2, -0.15) is 8.42 Å². The Kier molecular flexibility index (Phi) is 17.5. The highest BCUT2D eigenvalue weighted by atomic mass is 32.2. The maximum Gasteiger partial charge on any atom is 0.303 e. The van der Waals surface area contributed by atoms with E-state index in [-0.39, 0.29) is 17.7 Å². The van der Waals surface area contributed by atoms with Crippen molar-refractivity contribution >= 4 is 22.1 Å². The Morgan fingerprint density at radius 2 is 1.16 bits per heavy atom. The highest BCUT2D eigenvalue weighted by molar-refractivity contribution is 7.85. The Balaban J connectivity index is 0.000000809. The summed E-state index contributed by atoms with van der Waals surface area (Å²) in [5, 5.41) is 16.3. The highest BCUT2D eigenvalue weighted by Gasteiger charge is 2.13. The minimum Gasteiger partial charge on any atom is -0.481 e. The van der Waals surface area contributed by atoms with Gasteiger partial charge in [0, 0.05) is 12.8 Å². The fourth-order valence-corrected chi connectivity index (χ4v) is 4.07. The van der Waals surface area contributed by atoms with Crippen LogP contribution in [0.2, 0.25) is 0 Å². The zero-order valence-electron chi connectivity index (χ0n) is 19.3. The molecule has 0 saturated heterocycles. The molecule has 32 heavy (non-hydrogen) atoms. The molecule has 1 aromatic carbocycles. The smallest absolute Gasteiger partial charge is 0.303 e. The first-order valence-electron chi connectivity index (χ1n) is 11.7. The molecular weight excluding hydrogens is 432 g/mol. The third kappa shape index (κ3) is 17.7. The van der Waals surface area contributed by atoms with Crippen molar-refractivity contribution < 1.29 is 32.8 Å². The molecule has 0 aromatic heterocycles. The van der Waals surface area contributed by atoms with E-state index in [0.29, 0.717) is 19.3 Å². The molecule has 7 nitrogen and oxygen atoms in total. The molecule has 1 rings (SSSR count). The molecule has 0 aliphatic carbocycles. The molecule has 0 fully saturated rings. The summed E-state index contributed by atoms with van der Waals surface area (Å²) in [5.74, 6) is -1.74. The monoisotopic (exact) mass is 472 g/mol. The summed E-state index contributed by atoms with van der Waals surface area (Å²) in [6.45, 7) is 2.24. The van der Waals surface area contributed by atoms with Crippen LogP contribution in [0.5, 0.6) is 0 Å². The molecule has 0 amide bonds. The van der Waals surface area contributed by atoms with Gasteiger partial charge in [-0.05, 0) is 37.3 Å². The van der Waals surface area contributed by atoms with Gasteiger partial charge >= 0.3 is 11.9 Å². The van der Waals surface area contributed by atoms with Crippen LogP contribution in [0.4, 0.5) is 0 Å². The average Bonchev–Trinajstić information content (AvgIpc) is 2.72. The summed E-state index contributed by atoms with van der Waals surface area (Å²) in [6.07, 6.45) is 14.3. The van der Waals surface area contributed by atoms with E-state index < -0.39 is 22.1 Å². The second-order valence-electron chi connectivity index (χ2n) is 8.01. The lowest BCUT2D eigenvalue weighted by molar-refractivity contribution is -0.139. The molecule has 0 spiro atoms. The molecule has 8 heteroatoms. The van der Waals surface area contributed by atoms with Gasteiger partial charge in [-0.25, -0.2) is 0 Å². The fraction of sp³-hybridized carbons (Fsp3) is 0.667. The minimum absolute atomic E-state index is 0.0610. The summed E-state index contributed by atoms with van der Waals surface area (Å²) in [7, 11) is -4.10. The largest absolute Gasteiger partial charge is 0.481 e. The molecule has 0 unspecified atom stereocenters. The highest BCUT2D eigenvalue weighted by Crippen LogP contribution is 2.18. The van der Waals surface area contributed by atoms with E-state index in [1.165, 1.54) is 57.4 Å². The molecule has 0 heterocycles. The maximum absolute atomic E-state index is 11.3. The number of carboxylic acid groups (broad SMARTS) is 2. The number of aryl methyl sites for hydroxylation is 1. The first kappa shape index (κ1) is 30.1. The summed E-state index contributed by atoms with van der Waals surface area (Å²) in [4.78, 5) is 19.9. The zero-order chi connectivity index (χ0) is 24.2. The van der Waals surface area contributed by atoms with Crippen LogP contribution in [0.15, 0.2) is 29.2 Å². The SMILES string of the molecule is CCCCCCCCCCCCc1ccccc1S(=O)(=O)O.O=C(O)CCCCC(=O)O. The van der Waals surface area contributed by atoms with E-state index in [4.69, 9.17) is 10.2 Å². The van der Waals surface area contributed by atoms with E-state index in [1.807, 2.05) is 6.07 Å². The number of hydrogen-bond acceptors (Lipinski definition) is 4. The molecule has 184 valence electrons. The Hall–Kier alpha value is -1.93. The molecule has 0 radical (unpaired) electrons. The van der Waals surface area contributed by atoms with Gasteiger partial charge in [-0.15, -0.1) is 0 Å². The minimum atomic E-state index is -4.10. The third-order valence-corrected chi connectivity index (χ3v) is 6.04. The Labute approximate surface area is 193 Å². The molecule has 0 bridgehead atoms. The first-order valence-corrected chi connectivity index (χ1v) is 13.1. The number of carboxylic acids is 2. The van der Waals surface area contributed by atoms with Crippen LogP contribution in [0, 0.1) is 0 Å². The topological polar surface area (TPSA) is 129 Å². The van der Waals surface area contributed by atoms with E-state index in [1.54, 1.807) is 12.1 Å². The Morgan fingerprint density at radius 3 is 1.59 bits per heavy atom. The van der Waals surface area contributed by atoms with Gasteiger partial charge < -0.3 is 10.2 Å². The molecule has 3 N–H and O–H groups in total. The van der Waals surface area contributed by atoms with Crippen molar-refractivity contribution in [1.82, 2.24) is 0 Å². The molecule has 0 aliphatic heterocycles. The summed E-state index contributed by atoms with van der Waals surface area (Å²) < 4.78 is 31.8. The van der Waals surface area contributed by atoms with Crippen molar-refractivity contribution in [2.75, 3.05) is 0 Å². The van der Waals surface area contributed by atoms with Crippen molar-refractivity contribution in [2.45, 2.75) is 108 Å². The second kappa shape index (κ2) is 18.6. The quantitative estimate of drug-likeness (QED) is 0.184. The number of benzene rings is 1. The van der Waals surface area contributed by atoms with Crippen LogP contribution >= 0.6 is 0 Å². The lowest BCUT2D eigenvalue weighted by Gasteiger charge is -2.07. The van der Waals surface area contributed by atoms with E-state index in [9.17, 15) is 22.6 Å². The maximum atomic E-state index is 11.3. The number of carbonyl (C=O) groups is 2. The van der Waals surface area contributed by atoms with E-state index in [0.717, 1.165) is 18.4 Å². The molecule has 0 atom stereocenters. The van der Waals surface area contributed by atoms with Crippen LogP contribution in [0.1, 0.15) is 102 Å². The number of hydrogen-bond donors (Lipinski definition) is 3. The van der Waals surface area contributed by atoms with Crippen molar-refractivity contribution in [3.63, 3.8) is 0 Å². The second-order valence-corrected chi connectivity index (χ2v) is 9.40. The zero-order valence-corrected chi connectivity index (χ0v) is 20.1.